The van der Waals surface area contributed by atoms with E-state index in [0.717, 1.165) is 25.7 Å². The quantitative estimate of drug-likeness (QED) is 0.538. The zero-order valence-electron chi connectivity index (χ0n) is 17.7. The van der Waals surface area contributed by atoms with Gasteiger partial charge in [-0.3, -0.25) is 14.4 Å². The number of esters is 1. The van der Waals surface area contributed by atoms with Gasteiger partial charge in [0, 0.05) is 18.3 Å². The molecular formula is C24H30O5. The molecule has 0 aromatic rings. The molecule has 5 nitrogen and oxygen atoms in total. The minimum atomic E-state index is -0.406. The highest BCUT2D eigenvalue weighted by Gasteiger charge is 2.79. The van der Waals surface area contributed by atoms with Crippen LogP contribution >= 0.6 is 0 Å². The molecule has 1 unspecified atom stereocenters. The van der Waals surface area contributed by atoms with Gasteiger partial charge < -0.3 is 9.47 Å². The van der Waals surface area contributed by atoms with Crippen LogP contribution in [-0.2, 0) is 23.9 Å². The third-order valence-corrected chi connectivity index (χ3v) is 9.04. The van der Waals surface area contributed by atoms with E-state index in [-0.39, 0.29) is 52.5 Å². The summed E-state index contributed by atoms with van der Waals surface area (Å²) in [4.78, 5) is 36.2. The van der Waals surface area contributed by atoms with Gasteiger partial charge in [-0.1, -0.05) is 25.5 Å². The van der Waals surface area contributed by atoms with Crippen molar-refractivity contribution >= 4 is 17.5 Å². The fourth-order valence-electron chi connectivity index (χ4n) is 7.96. The lowest BCUT2D eigenvalue weighted by atomic mass is 9.47. The molecule has 3 saturated carbocycles. The predicted octanol–water partition coefficient (Wildman–Crippen LogP) is 3.42. The van der Waals surface area contributed by atoms with Crippen molar-refractivity contribution in [1.29, 1.82) is 0 Å². The van der Waals surface area contributed by atoms with Crippen molar-refractivity contribution in [2.45, 2.75) is 65.1 Å². The number of epoxide rings is 1. The van der Waals surface area contributed by atoms with Gasteiger partial charge in [0.2, 0.25) is 0 Å². The van der Waals surface area contributed by atoms with Crippen molar-refractivity contribution in [3.05, 3.63) is 23.8 Å². The normalized spacial score (nSPS) is 49.3. The maximum Gasteiger partial charge on any atom is 0.303 e. The zero-order valence-corrected chi connectivity index (χ0v) is 17.7. The lowest BCUT2D eigenvalue weighted by Gasteiger charge is -2.54. The average Bonchev–Trinajstić information content (AvgIpc) is 3.29. The molecule has 5 rings (SSSR count). The van der Waals surface area contributed by atoms with Gasteiger partial charge in [0.05, 0.1) is 6.10 Å². The molecule has 5 heteroatoms. The Labute approximate surface area is 171 Å². The second-order valence-electron chi connectivity index (χ2n) is 10.4. The number of fused-ring (bicyclic) bond motifs is 3. The molecule has 0 aromatic heterocycles. The Balaban J connectivity index is 1.48. The van der Waals surface area contributed by atoms with E-state index in [0.29, 0.717) is 11.8 Å². The summed E-state index contributed by atoms with van der Waals surface area (Å²) in [5, 5.41) is 0. The number of allylic oxidation sites excluding steroid dienone is 2. The molecule has 1 spiro atoms. The number of hydrogen-bond acceptors (Lipinski definition) is 5. The monoisotopic (exact) mass is 398 g/mol. The molecule has 0 amide bonds. The molecule has 1 saturated heterocycles. The lowest BCUT2D eigenvalue weighted by Crippen LogP contribution is -2.57. The van der Waals surface area contributed by atoms with E-state index in [1.165, 1.54) is 12.5 Å². The van der Waals surface area contributed by atoms with Gasteiger partial charge in [-0.05, 0) is 67.9 Å². The molecule has 5 aliphatic rings. The van der Waals surface area contributed by atoms with E-state index in [1.807, 2.05) is 6.08 Å². The van der Waals surface area contributed by atoms with Crippen molar-refractivity contribution in [3.63, 3.8) is 0 Å². The maximum atomic E-state index is 13.1. The highest BCUT2D eigenvalue weighted by molar-refractivity contribution is 6.01. The molecule has 29 heavy (non-hydrogen) atoms. The molecule has 4 aliphatic carbocycles. The number of rotatable bonds is 3. The van der Waals surface area contributed by atoms with Gasteiger partial charge in [-0.15, -0.1) is 0 Å². The molecule has 0 aromatic carbocycles. The van der Waals surface area contributed by atoms with Crippen molar-refractivity contribution < 1.29 is 23.9 Å². The smallest absolute Gasteiger partial charge is 0.303 e. The largest absolute Gasteiger partial charge is 0.458 e. The molecule has 4 fully saturated rings. The van der Waals surface area contributed by atoms with Crippen LogP contribution < -0.4 is 0 Å². The summed E-state index contributed by atoms with van der Waals surface area (Å²) in [6.45, 7) is 7.89. The van der Waals surface area contributed by atoms with Crippen molar-refractivity contribution in [3.8, 4) is 0 Å². The molecule has 8 atom stereocenters. The van der Waals surface area contributed by atoms with Gasteiger partial charge >= 0.3 is 5.97 Å². The van der Waals surface area contributed by atoms with Crippen molar-refractivity contribution in [2.75, 3.05) is 6.61 Å². The van der Waals surface area contributed by atoms with E-state index in [2.05, 4.69) is 26.8 Å². The number of carbonyl (C=O) groups excluding carboxylic acids is 3. The van der Waals surface area contributed by atoms with Crippen LogP contribution in [0.4, 0.5) is 0 Å². The number of ether oxygens (including phenoxy) is 2. The summed E-state index contributed by atoms with van der Waals surface area (Å²) in [6, 6.07) is 0. The van der Waals surface area contributed by atoms with Gasteiger partial charge in [0.1, 0.15) is 12.2 Å². The summed E-state index contributed by atoms with van der Waals surface area (Å²) in [5.74, 6) is 0.703. The molecule has 156 valence electrons. The van der Waals surface area contributed by atoms with Gasteiger partial charge in [0.25, 0.3) is 0 Å². The molecule has 0 bridgehead atoms. The summed E-state index contributed by atoms with van der Waals surface area (Å²) in [6.07, 6.45) is 9.53. The Kier molecular flexibility index (Phi) is 3.91. The second kappa shape index (κ2) is 5.90. The minimum Gasteiger partial charge on any atom is -0.458 e. The first kappa shape index (κ1) is 19.2. The summed E-state index contributed by atoms with van der Waals surface area (Å²) < 4.78 is 11.6. The SMILES string of the molecule is CC(=O)OCC(=O)[C@H]1[C@@H](C)C[C@H]2C3CCC4=CC(=O)C=C[C@]4(C)[C@@]34O[C@H]4C[C@@]21C. The van der Waals surface area contributed by atoms with Crippen LogP contribution in [0.15, 0.2) is 23.8 Å². The van der Waals surface area contributed by atoms with Crippen LogP contribution in [0.5, 0.6) is 0 Å². The molecular weight excluding hydrogens is 368 g/mol. The fourth-order valence-corrected chi connectivity index (χ4v) is 7.96. The van der Waals surface area contributed by atoms with E-state index in [1.54, 1.807) is 6.08 Å². The van der Waals surface area contributed by atoms with E-state index in [4.69, 9.17) is 9.47 Å². The fraction of sp³-hybridized carbons (Fsp3) is 0.708. The highest BCUT2D eigenvalue weighted by atomic mass is 16.6. The second-order valence-corrected chi connectivity index (χ2v) is 10.4. The summed E-state index contributed by atoms with van der Waals surface area (Å²) in [7, 11) is 0. The van der Waals surface area contributed by atoms with Gasteiger partial charge in [-0.25, -0.2) is 0 Å². The van der Waals surface area contributed by atoms with E-state index < -0.39 is 5.97 Å². The number of Topliss-reactive ketones (excluding diaryl/α,β-unsaturated/α-hetero) is 1. The first-order chi connectivity index (χ1) is 13.6. The van der Waals surface area contributed by atoms with Crippen molar-refractivity contribution in [1.82, 2.24) is 0 Å². The Morgan fingerprint density at radius 3 is 2.76 bits per heavy atom. The Hall–Kier alpha value is -1.75. The van der Waals surface area contributed by atoms with E-state index >= 15 is 0 Å². The average molecular weight is 398 g/mol. The standard InChI is InChI=1S/C24H30O5/c1-13-9-18-17-6-5-15-10-16(26)7-8-23(15,4)24(17)20(29-24)11-22(18,3)21(13)19(27)12-28-14(2)25/h7-8,10,13,17-18,20-21H,5-6,9,11-12H2,1-4H3/t13-,17?,18-,20-,21+,22-,23-,24+/m0/s1. The van der Waals surface area contributed by atoms with Gasteiger partial charge in [-0.2, -0.15) is 0 Å². The first-order valence-corrected chi connectivity index (χ1v) is 10.9. The molecule has 1 heterocycles. The Bertz CT molecular complexity index is 870. The van der Waals surface area contributed by atoms with Crippen LogP contribution in [0.2, 0.25) is 0 Å². The van der Waals surface area contributed by atoms with Gasteiger partial charge in [0.15, 0.2) is 11.6 Å². The third kappa shape index (κ3) is 2.34. The lowest BCUT2D eigenvalue weighted by molar-refractivity contribution is -0.149. The zero-order chi connectivity index (χ0) is 20.8. The number of hydrogen-bond donors (Lipinski definition) is 0. The van der Waals surface area contributed by atoms with Crippen LogP contribution in [0, 0.1) is 34.5 Å². The topological polar surface area (TPSA) is 73.0 Å². The van der Waals surface area contributed by atoms with Crippen LogP contribution in [0.1, 0.15) is 53.4 Å². The Morgan fingerprint density at radius 1 is 1.28 bits per heavy atom. The van der Waals surface area contributed by atoms with Crippen molar-refractivity contribution in [2.24, 2.45) is 34.5 Å². The molecule has 1 aliphatic heterocycles. The highest BCUT2D eigenvalue weighted by Crippen LogP contribution is 2.75. The summed E-state index contributed by atoms with van der Waals surface area (Å²) >= 11 is 0. The molecule has 0 N–H and O–H groups in total. The third-order valence-electron chi connectivity index (χ3n) is 9.04. The minimum absolute atomic E-state index is 0.0524. The van der Waals surface area contributed by atoms with Crippen LogP contribution in [-0.4, -0.2) is 35.8 Å². The number of carbonyl (C=O) groups is 3. The van der Waals surface area contributed by atoms with E-state index in [9.17, 15) is 14.4 Å². The first-order valence-electron chi connectivity index (χ1n) is 10.9. The summed E-state index contributed by atoms with van der Waals surface area (Å²) in [5.41, 5.74) is 0.628. The predicted molar refractivity (Wildman–Crippen MR) is 106 cm³/mol. The number of ketones is 2. The molecule has 0 radical (unpaired) electrons. The maximum absolute atomic E-state index is 13.1. The van der Waals surface area contributed by atoms with Crippen LogP contribution in [0.25, 0.3) is 0 Å². The van der Waals surface area contributed by atoms with Crippen LogP contribution in [0.3, 0.4) is 0 Å². The Morgan fingerprint density at radius 2 is 2.03 bits per heavy atom.